The summed E-state index contributed by atoms with van der Waals surface area (Å²) in [6, 6.07) is 4.63. The second kappa shape index (κ2) is 37.8. The molecule has 2 fully saturated rings. The van der Waals surface area contributed by atoms with Gasteiger partial charge in [-0.3, -0.25) is 47.6 Å². The Labute approximate surface area is 521 Å². The first-order valence-electron chi connectivity index (χ1n) is 30.5. The average molecular weight is 1320 g/mol. The van der Waals surface area contributed by atoms with E-state index in [9.17, 15) is 62.6 Å². The van der Waals surface area contributed by atoms with E-state index in [-0.39, 0.29) is 144 Å². The van der Waals surface area contributed by atoms with Gasteiger partial charge in [0.25, 0.3) is 0 Å². The topological polar surface area (TPSA) is 371 Å². The Hall–Kier alpha value is -6.06. The molecule has 2 aromatic heterocycles. The molecule has 3 aromatic rings. The van der Waals surface area contributed by atoms with Crippen LogP contribution in [0, 0.1) is 12.3 Å². The molecule has 1 aliphatic heterocycles. The number of aliphatic carboxylic acids is 2. The number of ether oxygens (including phenoxy) is 4. The first kappa shape index (κ1) is 72.7. The van der Waals surface area contributed by atoms with Crippen LogP contribution in [-0.4, -0.2) is 177 Å². The SMILES string of the molecule is CC(=O)c1nn(CC(=O)N2[C@H](C(=O)Nc3nc(Br)ccc3C)C[C@@]3(CNC(=O)COCCOCCCC(=O)COCCOCCNC(=O)CC[C@H](NC(=O)CCCCCCCCCCCCCCCCC(=O)O)C(=O)O)C[C@@H]23)c2cc(P(=O)(O)O)ccc12. The molecule has 88 heavy (non-hydrogen) atoms. The van der Waals surface area contributed by atoms with E-state index in [1.807, 2.05) is 0 Å². The highest BCUT2D eigenvalue weighted by Crippen LogP contribution is 2.59. The number of halogens is 1. The number of carboxylic acid groups (broad SMARTS) is 2. The quantitative estimate of drug-likeness (QED) is 0.0143. The number of aromatic nitrogens is 3. The lowest BCUT2D eigenvalue weighted by Gasteiger charge is -2.27. The largest absolute Gasteiger partial charge is 0.481 e. The van der Waals surface area contributed by atoms with Crippen molar-refractivity contribution in [3.63, 3.8) is 0 Å². The highest BCUT2D eigenvalue weighted by Gasteiger charge is 2.67. The van der Waals surface area contributed by atoms with Gasteiger partial charge in [-0.25, -0.2) is 9.78 Å². The van der Waals surface area contributed by atoms with E-state index in [0.29, 0.717) is 34.8 Å². The molecule has 26 nitrogen and oxygen atoms in total. The lowest BCUT2D eigenvalue weighted by molar-refractivity contribution is -0.142. The average Bonchev–Trinajstić information content (AvgIpc) is 1.58. The molecule has 1 saturated heterocycles. The van der Waals surface area contributed by atoms with Crippen molar-refractivity contribution in [1.29, 1.82) is 0 Å². The van der Waals surface area contributed by atoms with Crippen molar-refractivity contribution in [3.05, 3.63) is 46.2 Å². The van der Waals surface area contributed by atoms with Gasteiger partial charge in [0.1, 0.15) is 48.0 Å². The maximum absolute atomic E-state index is 14.3. The number of nitrogens with zero attached hydrogens (tertiary/aromatic N) is 4. The van der Waals surface area contributed by atoms with Crippen LogP contribution in [0.2, 0.25) is 0 Å². The second-order valence-corrected chi connectivity index (χ2v) is 25.1. The van der Waals surface area contributed by atoms with Gasteiger partial charge in [-0.05, 0) is 91.2 Å². The molecule has 8 N–H and O–H groups in total. The summed E-state index contributed by atoms with van der Waals surface area (Å²) in [5.74, 6) is -4.39. The Morgan fingerprint density at radius 2 is 1.32 bits per heavy atom. The monoisotopic (exact) mass is 1320 g/mol. The van der Waals surface area contributed by atoms with Crippen molar-refractivity contribution in [3.8, 4) is 0 Å². The lowest BCUT2D eigenvalue weighted by atomic mass is 9.99. The van der Waals surface area contributed by atoms with E-state index in [2.05, 4.69) is 47.3 Å². The summed E-state index contributed by atoms with van der Waals surface area (Å²) in [7, 11) is -4.71. The molecule has 5 amide bonds. The Kier molecular flexibility index (Phi) is 31.2. The molecule has 28 heteroatoms. The Morgan fingerprint density at radius 1 is 0.705 bits per heavy atom. The number of unbranched alkanes of at least 4 members (excludes halogenated alkanes) is 13. The van der Waals surface area contributed by atoms with Crippen molar-refractivity contribution < 1.29 is 86.7 Å². The van der Waals surface area contributed by atoms with Gasteiger partial charge in [0.15, 0.2) is 11.6 Å². The van der Waals surface area contributed by atoms with Gasteiger partial charge in [-0.15, -0.1) is 0 Å². The number of rotatable bonds is 47. The molecule has 0 bridgehead atoms. The highest BCUT2D eigenvalue weighted by atomic mass is 79.9. The zero-order valence-electron chi connectivity index (χ0n) is 50.6. The second-order valence-electron chi connectivity index (χ2n) is 22.6. The molecule has 0 radical (unpaired) electrons. The van der Waals surface area contributed by atoms with Gasteiger partial charge in [0.05, 0.1) is 43.9 Å². The number of fused-ring (bicyclic) bond motifs is 2. The van der Waals surface area contributed by atoms with Gasteiger partial charge in [0, 0.05) is 69.1 Å². The maximum Gasteiger partial charge on any atom is 0.356 e. The minimum absolute atomic E-state index is 0.00813. The summed E-state index contributed by atoms with van der Waals surface area (Å²) in [5.41, 5.74) is 0.184. The zero-order valence-corrected chi connectivity index (χ0v) is 53.1. The predicted molar refractivity (Wildman–Crippen MR) is 327 cm³/mol. The molecule has 1 aromatic carbocycles. The fourth-order valence-electron chi connectivity index (χ4n) is 10.6. The maximum atomic E-state index is 14.3. The number of carboxylic acids is 2. The molecule has 4 atom stereocenters. The van der Waals surface area contributed by atoms with Crippen LogP contribution < -0.4 is 26.6 Å². The van der Waals surface area contributed by atoms with E-state index in [1.165, 1.54) is 66.8 Å². The molecular formula is C60H88BrN8O18P. The summed E-state index contributed by atoms with van der Waals surface area (Å²) >= 11 is 3.32. The molecule has 1 saturated carbocycles. The van der Waals surface area contributed by atoms with E-state index in [4.69, 9.17) is 24.1 Å². The van der Waals surface area contributed by atoms with Gasteiger partial charge in [-0.1, -0.05) is 83.1 Å². The fraction of sp³-hybridized carbons (Fsp3) is 0.650. The van der Waals surface area contributed by atoms with Crippen LogP contribution >= 0.6 is 23.5 Å². The number of hydrogen-bond donors (Lipinski definition) is 8. The van der Waals surface area contributed by atoms with E-state index in [0.717, 1.165) is 51.4 Å². The molecule has 488 valence electrons. The highest BCUT2D eigenvalue weighted by molar-refractivity contribution is 9.10. The lowest BCUT2D eigenvalue weighted by Crippen LogP contribution is -2.47. The number of benzene rings is 1. The number of piperidine rings is 1. The van der Waals surface area contributed by atoms with Crippen LogP contribution in [0.15, 0.2) is 34.9 Å². The Morgan fingerprint density at radius 3 is 1.94 bits per heavy atom. The third-order valence-electron chi connectivity index (χ3n) is 15.5. The number of nitrogens with one attached hydrogen (secondary N) is 4. The van der Waals surface area contributed by atoms with Crippen LogP contribution in [0.3, 0.4) is 0 Å². The molecule has 0 spiro atoms. The molecule has 5 rings (SSSR count). The number of likely N-dealkylation sites (tertiary alicyclic amines) is 1. The Balaban J connectivity index is 0.866. The number of pyridine rings is 1. The van der Waals surface area contributed by atoms with Gasteiger partial charge < -0.3 is 65.1 Å². The van der Waals surface area contributed by atoms with E-state index >= 15 is 0 Å². The van der Waals surface area contributed by atoms with Gasteiger partial charge >= 0.3 is 19.5 Å². The van der Waals surface area contributed by atoms with Crippen molar-refractivity contribution in [2.45, 2.75) is 180 Å². The summed E-state index contributed by atoms with van der Waals surface area (Å²) < 4.78 is 35.8. The summed E-state index contributed by atoms with van der Waals surface area (Å²) in [4.78, 5) is 139. The van der Waals surface area contributed by atoms with Crippen LogP contribution in [0.1, 0.15) is 164 Å². The number of carbonyl (C=O) groups excluding carboxylic acids is 7. The van der Waals surface area contributed by atoms with Crippen molar-refractivity contribution in [1.82, 2.24) is 35.6 Å². The van der Waals surface area contributed by atoms with Crippen molar-refractivity contribution in [2.75, 3.05) is 71.3 Å². The van der Waals surface area contributed by atoms with Gasteiger partial charge in [0.2, 0.25) is 29.5 Å². The van der Waals surface area contributed by atoms with Crippen LogP contribution in [0.5, 0.6) is 0 Å². The fourth-order valence-corrected chi connectivity index (χ4v) is 11.5. The number of aryl methyl sites for hydroxylation is 1. The van der Waals surface area contributed by atoms with E-state index in [1.54, 1.807) is 19.1 Å². The predicted octanol–water partition coefficient (Wildman–Crippen LogP) is 5.83. The number of Topliss-reactive ketones (excluding diaryl/α,β-unsaturated/α-hetero) is 2. The number of anilines is 1. The minimum Gasteiger partial charge on any atom is -0.481 e. The third kappa shape index (κ3) is 25.4. The number of amides is 5. The normalized spacial score (nSPS) is 16.4. The first-order valence-corrected chi connectivity index (χ1v) is 32.9. The minimum atomic E-state index is -4.71. The summed E-state index contributed by atoms with van der Waals surface area (Å²) in [6.45, 7) is 3.52. The third-order valence-corrected chi connectivity index (χ3v) is 16.9. The van der Waals surface area contributed by atoms with Crippen molar-refractivity contribution in [2.24, 2.45) is 5.41 Å². The Bertz CT molecular complexity index is 2890. The number of ketones is 2. The molecule has 3 heterocycles. The molecular weight excluding hydrogens is 1230 g/mol. The number of hydrogen-bond acceptors (Lipinski definition) is 16. The van der Waals surface area contributed by atoms with Crippen LogP contribution in [-0.2, 0) is 68.4 Å². The smallest absolute Gasteiger partial charge is 0.356 e. The van der Waals surface area contributed by atoms with Crippen molar-refractivity contribution >= 4 is 98.6 Å². The molecule has 1 aliphatic carbocycles. The van der Waals surface area contributed by atoms with Gasteiger partial charge in [-0.2, -0.15) is 5.10 Å². The van der Waals surface area contributed by atoms with Crippen LogP contribution in [0.25, 0.3) is 10.9 Å². The standard InChI is InChI=1S/C60H88BrN8O18P/c1-41-21-25-50(61)65-57(41)66-58(78)48-35-60(36-49(60)69(48)54(75)37-68-47-34-44(88(81,82)83)22-23-45(47)56(67-68)42(2)70)40-63-53(74)39-87-33-30-84-28-17-18-43(71)38-86-32-31-85-29-27-62-51(72)26-24-46(59(79)80)64-52(73)19-15-13-11-9-7-5-3-4-6-8-10-12-14-16-20-55(76)77/h21-23,25,34,46,48-49H,3-20,24,26-33,35-40H2,1-2H3,(H,62,72)(H,63,74)(H,64,73)(H,76,77)(H,79,80)(H,65,66,78)(H2,81,82,83)/t46-,48-,49+,60-/m0/s1. The number of carbonyl (C=O) groups is 9. The van der Waals surface area contributed by atoms with E-state index < -0.39 is 73.1 Å². The molecule has 2 aliphatic rings. The first-order chi connectivity index (χ1) is 42.1. The molecule has 0 unspecified atom stereocenters. The summed E-state index contributed by atoms with van der Waals surface area (Å²) in [5, 5.41) is 33.5. The summed E-state index contributed by atoms with van der Waals surface area (Å²) in [6.07, 6.45) is 16.5. The van der Waals surface area contributed by atoms with Crippen LogP contribution in [0.4, 0.5) is 5.82 Å². The zero-order chi connectivity index (χ0) is 64.1.